The van der Waals surface area contributed by atoms with Crippen molar-refractivity contribution in [2.75, 3.05) is 6.61 Å². The number of hydrogen-bond donors (Lipinski definition) is 0. The van der Waals surface area contributed by atoms with E-state index in [0.29, 0.717) is 6.10 Å². The van der Waals surface area contributed by atoms with E-state index in [2.05, 4.69) is 0 Å². The van der Waals surface area contributed by atoms with Crippen molar-refractivity contribution in [3.8, 4) is 0 Å². The topological polar surface area (TPSA) is 35.5 Å². The number of carbonyl (C=O) groups excluding carboxylic acids is 1. The van der Waals surface area contributed by atoms with Crippen LogP contribution >= 0.6 is 0 Å². The van der Waals surface area contributed by atoms with Crippen molar-refractivity contribution >= 4 is 6.29 Å². The highest BCUT2D eigenvalue weighted by Crippen LogP contribution is 2.27. The summed E-state index contributed by atoms with van der Waals surface area (Å²) in [5.41, 5.74) is 0. The SMILES string of the molecule is O=CC1CCC(O[C@@H]2CCCCO2)CC1. The summed E-state index contributed by atoms with van der Waals surface area (Å²) in [5.74, 6) is 0.275. The zero-order valence-electron chi connectivity index (χ0n) is 9.19. The van der Waals surface area contributed by atoms with E-state index >= 15 is 0 Å². The van der Waals surface area contributed by atoms with Crippen LogP contribution in [0, 0.1) is 5.92 Å². The highest BCUT2D eigenvalue weighted by atomic mass is 16.7. The van der Waals surface area contributed by atoms with Gasteiger partial charge in [0.1, 0.15) is 6.29 Å². The largest absolute Gasteiger partial charge is 0.353 e. The van der Waals surface area contributed by atoms with Crippen molar-refractivity contribution in [1.82, 2.24) is 0 Å². The molecule has 2 aliphatic rings. The Morgan fingerprint density at radius 3 is 2.47 bits per heavy atom. The van der Waals surface area contributed by atoms with Crippen molar-refractivity contribution < 1.29 is 14.3 Å². The third kappa shape index (κ3) is 3.28. The molecule has 0 unspecified atom stereocenters. The summed E-state index contributed by atoms with van der Waals surface area (Å²) < 4.78 is 11.4. The minimum atomic E-state index is 0.0246. The van der Waals surface area contributed by atoms with E-state index in [1.807, 2.05) is 0 Å². The molecule has 1 saturated heterocycles. The first-order valence-corrected chi connectivity index (χ1v) is 6.11. The molecule has 1 saturated carbocycles. The maximum absolute atomic E-state index is 10.6. The molecule has 0 aromatic heterocycles. The Morgan fingerprint density at radius 1 is 1.07 bits per heavy atom. The molecule has 1 atom stereocenters. The molecular formula is C12H20O3. The van der Waals surface area contributed by atoms with Crippen LogP contribution in [-0.4, -0.2) is 25.3 Å². The van der Waals surface area contributed by atoms with Crippen molar-refractivity contribution in [2.45, 2.75) is 57.3 Å². The molecule has 1 aliphatic carbocycles. The molecule has 1 heterocycles. The summed E-state index contributed by atoms with van der Waals surface area (Å²) >= 11 is 0. The Balaban J connectivity index is 1.69. The predicted molar refractivity (Wildman–Crippen MR) is 56.5 cm³/mol. The first kappa shape index (κ1) is 11.1. The maximum atomic E-state index is 10.6. The number of hydrogen-bond acceptors (Lipinski definition) is 3. The number of ether oxygens (including phenoxy) is 2. The molecule has 0 aromatic rings. The molecule has 0 N–H and O–H groups in total. The summed E-state index contributed by atoms with van der Waals surface area (Å²) in [4.78, 5) is 10.6. The van der Waals surface area contributed by atoms with Crippen LogP contribution in [0.25, 0.3) is 0 Å². The van der Waals surface area contributed by atoms with Gasteiger partial charge in [0.25, 0.3) is 0 Å². The second kappa shape index (κ2) is 5.61. The summed E-state index contributed by atoms with van der Waals surface area (Å²) in [6, 6.07) is 0. The molecular weight excluding hydrogens is 192 g/mol. The Kier molecular flexibility index (Phi) is 4.15. The first-order valence-electron chi connectivity index (χ1n) is 6.11. The molecule has 1 aliphatic heterocycles. The lowest BCUT2D eigenvalue weighted by Gasteiger charge is -2.31. The lowest BCUT2D eigenvalue weighted by molar-refractivity contribution is -0.194. The Morgan fingerprint density at radius 2 is 1.87 bits per heavy atom. The van der Waals surface area contributed by atoms with Gasteiger partial charge in [0.05, 0.1) is 6.10 Å². The zero-order chi connectivity index (χ0) is 10.5. The fourth-order valence-electron chi connectivity index (χ4n) is 2.39. The lowest BCUT2D eigenvalue weighted by Crippen LogP contribution is -2.30. The molecule has 0 radical (unpaired) electrons. The molecule has 86 valence electrons. The molecule has 2 rings (SSSR count). The Bertz CT molecular complexity index is 191. The minimum Gasteiger partial charge on any atom is -0.353 e. The monoisotopic (exact) mass is 212 g/mol. The van der Waals surface area contributed by atoms with E-state index in [1.54, 1.807) is 0 Å². The average Bonchev–Trinajstić information content (AvgIpc) is 2.31. The van der Waals surface area contributed by atoms with Crippen LogP contribution in [0.3, 0.4) is 0 Å². The van der Waals surface area contributed by atoms with Crippen LogP contribution in [0.15, 0.2) is 0 Å². The predicted octanol–water partition coefficient (Wildman–Crippen LogP) is 2.29. The van der Waals surface area contributed by atoms with Crippen molar-refractivity contribution in [3.63, 3.8) is 0 Å². The van der Waals surface area contributed by atoms with Crippen LogP contribution in [0.5, 0.6) is 0 Å². The van der Waals surface area contributed by atoms with E-state index in [9.17, 15) is 4.79 Å². The molecule has 2 fully saturated rings. The van der Waals surface area contributed by atoms with Crippen LogP contribution in [0.2, 0.25) is 0 Å². The normalized spacial score (nSPS) is 37.5. The molecule has 0 aromatic carbocycles. The van der Waals surface area contributed by atoms with Crippen LogP contribution < -0.4 is 0 Å². The third-order valence-electron chi connectivity index (χ3n) is 3.39. The van der Waals surface area contributed by atoms with Gasteiger partial charge in [-0.2, -0.15) is 0 Å². The van der Waals surface area contributed by atoms with Gasteiger partial charge in [0.15, 0.2) is 6.29 Å². The second-order valence-corrected chi connectivity index (χ2v) is 4.61. The van der Waals surface area contributed by atoms with Crippen LogP contribution in [0.1, 0.15) is 44.9 Å². The standard InChI is InChI=1S/C12H20O3/c13-9-10-4-6-11(7-5-10)15-12-3-1-2-8-14-12/h9-12H,1-8H2/t10?,11?,12-/m1/s1. The van der Waals surface area contributed by atoms with E-state index < -0.39 is 0 Å². The van der Waals surface area contributed by atoms with Gasteiger partial charge in [0, 0.05) is 12.5 Å². The fraction of sp³-hybridized carbons (Fsp3) is 0.917. The van der Waals surface area contributed by atoms with E-state index in [0.717, 1.165) is 51.4 Å². The second-order valence-electron chi connectivity index (χ2n) is 4.61. The van der Waals surface area contributed by atoms with E-state index in [1.165, 1.54) is 6.42 Å². The van der Waals surface area contributed by atoms with Gasteiger partial charge in [-0.05, 0) is 44.9 Å². The van der Waals surface area contributed by atoms with E-state index in [4.69, 9.17) is 9.47 Å². The molecule has 3 nitrogen and oxygen atoms in total. The van der Waals surface area contributed by atoms with Crippen molar-refractivity contribution in [1.29, 1.82) is 0 Å². The fourth-order valence-corrected chi connectivity index (χ4v) is 2.39. The van der Waals surface area contributed by atoms with Gasteiger partial charge < -0.3 is 14.3 Å². The van der Waals surface area contributed by atoms with Gasteiger partial charge in [0.2, 0.25) is 0 Å². The van der Waals surface area contributed by atoms with Crippen molar-refractivity contribution in [3.05, 3.63) is 0 Å². The lowest BCUT2D eigenvalue weighted by atomic mass is 9.88. The Labute approximate surface area is 91.1 Å². The number of rotatable bonds is 3. The maximum Gasteiger partial charge on any atom is 0.157 e. The van der Waals surface area contributed by atoms with Gasteiger partial charge >= 0.3 is 0 Å². The number of aldehydes is 1. The molecule has 0 bridgehead atoms. The average molecular weight is 212 g/mol. The highest BCUT2D eigenvalue weighted by Gasteiger charge is 2.25. The minimum absolute atomic E-state index is 0.0246. The molecule has 15 heavy (non-hydrogen) atoms. The third-order valence-corrected chi connectivity index (χ3v) is 3.39. The van der Waals surface area contributed by atoms with Gasteiger partial charge in [-0.15, -0.1) is 0 Å². The van der Waals surface area contributed by atoms with Crippen molar-refractivity contribution in [2.24, 2.45) is 5.92 Å². The van der Waals surface area contributed by atoms with Crippen LogP contribution in [-0.2, 0) is 14.3 Å². The van der Waals surface area contributed by atoms with Gasteiger partial charge in [-0.25, -0.2) is 0 Å². The first-order chi connectivity index (χ1) is 7.38. The quantitative estimate of drug-likeness (QED) is 0.673. The molecule has 3 heteroatoms. The summed E-state index contributed by atoms with van der Waals surface area (Å²) in [6.45, 7) is 0.842. The summed E-state index contributed by atoms with van der Waals surface area (Å²) in [7, 11) is 0. The smallest absolute Gasteiger partial charge is 0.157 e. The zero-order valence-corrected chi connectivity index (χ0v) is 9.19. The highest BCUT2D eigenvalue weighted by molar-refractivity contribution is 5.53. The van der Waals surface area contributed by atoms with Gasteiger partial charge in [-0.1, -0.05) is 0 Å². The molecule has 0 spiro atoms. The van der Waals surface area contributed by atoms with Gasteiger partial charge in [-0.3, -0.25) is 0 Å². The molecule has 0 amide bonds. The Hall–Kier alpha value is -0.410. The summed E-state index contributed by atoms with van der Waals surface area (Å²) in [6.07, 6.45) is 8.86. The van der Waals surface area contributed by atoms with Crippen LogP contribution in [0.4, 0.5) is 0 Å². The number of carbonyl (C=O) groups is 1. The van der Waals surface area contributed by atoms with E-state index in [-0.39, 0.29) is 12.2 Å². The summed E-state index contributed by atoms with van der Waals surface area (Å²) in [5, 5.41) is 0.